The number of phenolic OH excluding ortho intramolecular Hbond substituents is 5. The Morgan fingerprint density at radius 1 is 0.852 bits per heavy atom. The van der Waals surface area contributed by atoms with Crippen molar-refractivity contribution < 1.29 is 30.3 Å². The third-order valence-corrected chi connectivity index (χ3v) is 5.43. The van der Waals surface area contributed by atoms with Crippen molar-refractivity contribution in [3.8, 4) is 34.5 Å². The number of ether oxygens (including phenoxy) is 1. The molecule has 2 heterocycles. The molecular weight excluding hydrogens is 350 g/mol. The van der Waals surface area contributed by atoms with Crippen LogP contribution >= 0.6 is 0 Å². The highest BCUT2D eigenvalue weighted by Crippen LogP contribution is 2.48. The Morgan fingerprint density at radius 2 is 1.59 bits per heavy atom. The number of aromatic hydroxyl groups is 5. The summed E-state index contributed by atoms with van der Waals surface area (Å²) >= 11 is 0. The molecule has 2 aliphatic rings. The zero-order valence-corrected chi connectivity index (χ0v) is 14.8. The van der Waals surface area contributed by atoms with E-state index >= 15 is 0 Å². The van der Waals surface area contributed by atoms with Crippen LogP contribution in [0.5, 0.6) is 34.5 Å². The van der Waals surface area contributed by atoms with Gasteiger partial charge in [0.2, 0.25) is 0 Å². The molecular formula is C20H23NO6. The van der Waals surface area contributed by atoms with E-state index in [0.29, 0.717) is 35.3 Å². The summed E-state index contributed by atoms with van der Waals surface area (Å²) in [6, 6.07) is 4.12. The predicted octanol–water partition coefficient (Wildman–Crippen LogP) is 3.10. The fourth-order valence-electron chi connectivity index (χ4n) is 4.01. The Balaban J connectivity index is 1.66. The van der Waals surface area contributed by atoms with E-state index in [1.165, 1.54) is 18.2 Å². The standard InChI is InChI=1S/C20H23NO6/c22-13-9-17-11(19(25)18(13)12-3-1-2-6-21-12)4-5-16(27-17)10-7-14(23)20(26)15(24)8-10/h7-9,12,16,21-26H,1-6H2. The number of hydrogen-bond donors (Lipinski definition) is 6. The molecule has 4 rings (SSSR count). The Morgan fingerprint density at radius 3 is 2.26 bits per heavy atom. The van der Waals surface area contributed by atoms with Gasteiger partial charge in [-0.2, -0.15) is 0 Å². The van der Waals surface area contributed by atoms with Crippen LogP contribution in [0.3, 0.4) is 0 Å². The molecule has 27 heavy (non-hydrogen) atoms. The summed E-state index contributed by atoms with van der Waals surface area (Å²) in [6.07, 6.45) is 3.54. The lowest BCUT2D eigenvalue weighted by molar-refractivity contribution is 0.172. The topological polar surface area (TPSA) is 122 Å². The minimum atomic E-state index is -0.574. The first kappa shape index (κ1) is 17.6. The first-order valence-electron chi connectivity index (χ1n) is 9.18. The first-order valence-corrected chi connectivity index (χ1v) is 9.18. The highest BCUT2D eigenvalue weighted by atomic mass is 16.5. The normalized spacial score (nSPS) is 22.1. The summed E-state index contributed by atoms with van der Waals surface area (Å²) in [5.41, 5.74) is 1.68. The monoisotopic (exact) mass is 373 g/mol. The Bertz CT molecular complexity index is 852. The van der Waals surface area contributed by atoms with Crippen LogP contribution in [-0.4, -0.2) is 32.1 Å². The molecule has 2 atom stereocenters. The molecule has 0 bridgehead atoms. The molecule has 144 valence electrons. The van der Waals surface area contributed by atoms with Crippen molar-refractivity contribution >= 4 is 0 Å². The van der Waals surface area contributed by atoms with E-state index in [0.717, 1.165) is 25.8 Å². The lowest BCUT2D eigenvalue weighted by Gasteiger charge is -2.31. The zero-order valence-electron chi connectivity index (χ0n) is 14.8. The second-order valence-corrected chi connectivity index (χ2v) is 7.19. The Labute approximate surface area is 156 Å². The maximum Gasteiger partial charge on any atom is 0.200 e. The number of piperidine rings is 1. The van der Waals surface area contributed by atoms with Crippen LogP contribution in [0.1, 0.15) is 54.5 Å². The van der Waals surface area contributed by atoms with Crippen LogP contribution in [0.4, 0.5) is 0 Å². The van der Waals surface area contributed by atoms with Gasteiger partial charge in [0.05, 0.1) is 5.56 Å². The van der Waals surface area contributed by atoms with Crippen molar-refractivity contribution in [3.05, 3.63) is 34.9 Å². The number of benzene rings is 2. The smallest absolute Gasteiger partial charge is 0.200 e. The van der Waals surface area contributed by atoms with Crippen LogP contribution in [0.25, 0.3) is 0 Å². The summed E-state index contributed by atoms with van der Waals surface area (Å²) in [7, 11) is 0. The fourth-order valence-corrected chi connectivity index (χ4v) is 4.01. The van der Waals surface area contributed by atoms with Crippen LogP contribution in [0, 0.1) is 0 Å². The SMILES string of the molecule is Oc1cc(C2CCc3c(cc(O)c(C4CCCCN4)c3O)O2)cc(O)c1O. The van der Waals surface area contributed by atoms with E-state index < -0.39 is 23.4 Å². The van der Waals surface area contributed by atoms with Crippen LogP contribution in [0.2, 0.25) is 0 Å². The minimum absolute atomic E-state index is 0.0114. The molecule has 0 saturated carbocycles. The van der Waals surface area contributed by atoms with Crippen molar-refractivity contribution in [2.45, 2.75) is 44.2 Å². The molecule has 0 aromatic heterocycles. The van der Waals surface area contributed by atoms with E-state index in [4.69, 9.17) is 4.74 Å². The van der Waals surface area contributed by atoms with E-state index in [-0.39, 0.29) is 17.5 Å². The van der Waals surface area contributed by atoms with Crippen molar-refractivity contribution in [3.63, 3.8) is 0 Å². The molecule has 1 fully saturated rings. The van der Waals surface area contributed by atoms with Crippen molar-refractivity contribution in [2.75, 3.05) is 6.54 Å². The van der Waals surface area contributed by atoms with Gasteiger partial charge in [0.15, 0.2) is 17.2 Å². The van der Waals surface area contributed by atoms with E-state index in [2.05, 4.69) is 5.32 Å². The molecule has 2 aromatic carbocycles. The minimum Gasteiger partial charge on any atom is -0.507 e. The van der Waals surface area contributed by atoms with Crippen molar-refractivity contribution in [1.29, 1.82) is 0 Å². The molecule has 0 radical (unpaired) electrons. The summed E-state index contributed by atoms with van der Waals surface area (Å²) in [6.45, 7) is 0.854. The lowest BCUT2D eigenvalue weighted by atomic mass is 9.90. The highest BCUT2D eigenvalue weighted by Gasteiger charge is 2.30. The van der Waals surface area contributed by atoms with Gasteiger partial charge in [-0.05, 0) is 49.9 Å². The van der Waals surface area contributed by atoms with Gasteiger partial charge in [-0.3, -0.25) is 0 Å². The Kier molecular flexibility index (Phi) is 4.39. The number of hydrogen-bond acceptors (Lipinski definition) is 7. The molecule has 2 unspecified atom stereocenters. The molecule has 1 saturated heterocycles. The third kappa shape index (κ3) is 3.08. The number of fused-ring (bicyclic) bond motifs is 1. The second kappa shape index (κ2) is 6.74. The van der Waals surface area contributed by atoms with E-state index in [1.54, 1.807) is 0 Å². The van der Waals surface area contributed by atoms with Crippen molar-refractivity contribution in [2.24, 2.45) is 0 Å². The summed E-state index contributed by atoms with van der Waals surface area (Å²) in [4.78, 5) is 0. The molecule has 2 aromatic rings. The average molecular weight is 373 g/mol. The van der Waals surface area contributed by atoms with Crippen LogP contribution in [0.15, 0.2) is 18.2 Å². The number of nitrogens with one attached hydrogen (secondary N) is 1. The summed E-state index contributed by atoms with van der Waals surface area (Å²) < 4.78 is 5.93. The number of rotatable bonds is 2. The molecule has 7 nitrogen and oxygen atoms in total. The molecule has 2 aliphatic heterocycles. The van der Waals surface area contributed by atoms with Gasteiger partial charge in [0.1, 0.15) is 23.4 Å². The van der Waals surface area contributed by atoms with E-state index in [9.17, 15) is 25.5 Å². The quantitative estimate of drug-likeness (QED) is 0.447. The maximum absolute atomic E-state index is 10.8. The Hall–Kier alpha value is -2.80. The first-order chi connectivity index (χ1) is 13.0. The molecule has 7 heteroatoms. The van der Waals surface area contributed by atoms with E-state index in [1.807, 2.05) is 0 Å². The van der Waals surface area contributed by atoms with Gasteiger partial charge in [0, 0.05) is 17.7 Å². The number of phenols is 5. The highest BCUT2D eigenvalue weighted by molar-refractivity contribution is 5.59. The molecule has 0 aliphatic carbocycles. The average Bonchev–Trinajstić information content (AvgIpc) is 2.66. The molecule has 0 amide bonds. The van der Waals surface area contributed by atoms with Crippen molar-refractivity contribution in [1.82, 2.24) is 5.32 Å². The molecule has 0 spiro atoms. The van der Waals surface area contributed by atoms with Gasteiger partial charge in [-0.15, -0.1) is 0 Å². The second-order valence-electron chi connectivity index (χ2n) is 7.19. The molecule has 6 N–H and O–H groups in total. The third-order valence-electron chi connectivity index (χ3n) is 5.43. The van der Waals surface area contributed by atoms with Crippen LogP contribution < -0.4 is 10.1 Å². The zero-order chi connectivity index (χ0) is 19.1. The maximum atomic E-state index is 10.8. The lowest BCUT2D eigenvalue weighted by Crippen LogP contribution is -2.27. The van der Waals surface area contributed by atoms with Gasteiger partial charge in [-0.25, -0.2) is 0 Å². The van der Waals surface area contributed by atoms with Gasteiger partial charge >= 0.3 is 0 Å². The summed E-state index contributed by atoms with van der Waals surface area (Å²) in [5, 5.41) is 53.5. The van der Waals surface area contributed by atoms with Gasteiger partial charge in [0.25, 0.3) is 0 Å². The van der Waals surface area contributed by atoms with Gasteiger partial charge < -0.3 is 35.6 Å². The fraction of sp³-hybridized carbons (Fsp3) is 0.400. The largest absolute Gasteiger partial charge is 0.507 e. The summed E-state index contributed by atoms with van der Waals surface area (Å²) in [5.74, 6) is -0.989. The van der Waals surface area contributed by atoms with Crippen LogP contribution in [-0.2, 0) is 6.42 Å². The van der Waals surface area contributed by atoms with Gasteiger partial charge in [-0.1, -0.05) is 6.42 Å². The predicted molar refractivity (Wildman–Crippen MR) is 97.5 cm³/mol.